The van der Waals surface area contributed by atoms with Gasteiger partial charge in [0.25, 0.3) is 0 Å². The Bertz CT molecular complexity index is 745. The number of hydrogen-bond donors (Lipinski definition) is 0. The topological polar surface area (TPSA) is 3.24 Å². The van der Waals surface area contributed by atoms with Crippen LogP contribution in [0.4, 0.5) is 5.69 Å². The Kier molecular flexibility index (Phi) is 3.04. The summed E-state index contributed by atoms with van der Waals surface area (Å²) < 4.78 is 0. The lowest BCUT2D eigenvalue weighted by molar-refractivity contribution is 0.533. The standard InChI is InChI=1S/C21H27N/c1-6-22-15(5)14(4)20-17-10-8-7-9-16(17)19-13(3)12(2)11-18(19)21(20)22/h7-10,12-15H,6,11H2,1-5H3/t12-,13-,14+,15-/m0/s1. The summed E-state index contributed by atoms with van der Waals surface area (Å²) in [5, 5.41) is 3.03. The third-order valence-corrected chi connectivity index (χ3v) is 6.51. The third kappa shape index (κ3) is 1.60. The predicted molar refractivity (Wildman–Crippen MR) is 96.1 cm³/mol. The number of fused-ring (bicyclic) bond motifs is 6. The van der Waals surface area contributed by atoms with Crippen LogP contribution in [-0.2, 0) is 6.42 Å². The molecule has 1 heteroatoms. The highest BCUT2D eigenvalue weighted by Gasteiger charge is 2.40. The van der Waals surface area contributed by atoms with Gasteiger partial charge in [0.05, 0.1) is 0 Å². The number of nitrogens with zero attached hydrogens (tertiary/aromatic N) is 1. The number of hydrogen-bond acceptors (Lipinski definition) is 1. The van der Waals surface area contributed by atoms with Gasteiger partial charge in [-0.1, -0.05) is 45.0 Å². The highest BCUT2D eigenvalue weighted by Crippen LogP contribution is 2.54. The Hall–Kier alpha value is -1.50. The summed E-state index contributed by atoms with van der Waals surface area (Å²) in [5.41, 5.74) is 6.51. The zero-order chi connectivity index (χ0) is 15.6. The van der Waals surface area contributed by atoms with Crippen molar-refractivity contribution >= 4 is 16.5 Å². The first-order valence-corrected chi connectivity index (χ1v) is 8.90. The molecule has 2 aliphatic rings. The monoisotopic (exact) mass is 293 g/mol. The summed E-state index contributed by atoms with van der Waals surface area (Å²) in [4.78, 5) is 2.66. The maximum atomic E-state index is 2.66. The summed E-state index contributed by atoms with van der Waals surface area (Å²) in [7, 11) is 0. The van der Waals surface area contributed by atoms with Crippen LogP contribution in [0.1, 0.15) is 63.1 Å². The Morgan fingerprint density at radius 3 is 2.23 bits per heavy atom. The van der Waals surface area contributed by atoms with Gasteiger partial charge in [-0.25, -0.2) is 0 Å². The molecule has 0 fully saturated rings. The van der Waals surface area contributed by atoms with Crippen LogP contribution in [0.2, 0.25) is 0 Å². The summed E-state index contributed by atoms with van der Waals surface area (Å²) >= 11 is 0. The zero-order valence-electron chi connectivity index (χ0n) is 14.5. The van der Waals surface area contributed by atoms with E-state index in [2.05, 4.69) is 63.8 Å². The van der Waals surface area contributed by atoms with Crippen LogP contribution < -0.4 is 4.90 Å². The molecule has 4 atom stereocenters. The molecule has 116 valence electrons. The molecule has 0 unspecified atom stereocenters. The van der Waals surface area contributed by atoms with Crippen molar-refractivity contribution in [3.05, 3.63) is 41.0 Å². The van der Waals surface area contributed by atoms with Crippen LogP contribution in [0.15, 0.2) is 24.3 Å². The van der Waals surface area contributed by atoms with E-state index in [4.69, 9.17) is 0 Å². The Morgan fingerprint density at radius 2 is 1.59 bits per heavy atom. The van der Waals surface area contributed by atoms with E-state index in [1.807, 2.05) is 0 Å². The zero-order valence-corrected chi connectivity index (χ0v) is 14.5. The van der Waals surface area contributed by atoms with Gasteiger partial charge in [0.2, 0.25) is 0 Å². The van der Waals surface area contributed by atoms with E-state index >= 15 is 0 Å². The van der Waals surface area contributed by atoms with Crippen LogP contribution >= 0.6 is 0 Å². The van der Waals surface area contributed by atoms with E-state index in [0.717, 1.165) is 12.5 Å². The second kappa shape index (κ2) is 4.75. The van der Waals surface area contributed by atoms with E-state index in [-0.39, 0.29) is 0 Å². The highest BCUT2D eigenvalue weighted by atomic mass is 15.2. The van der Waals surface area contributed by atoms with Gasteiger partial charge in [-0.15, -0.1) is 0 Å². The van der Waals surface area contributed by atoms with Crippen molar-refractivity contribution in [1.82, 2.24) is 0 Å². The second-order valence-electron chi connectivity index (χ2n) is 7.49. The first-order chi connectivity index (χ1) is 10.6. The van der Waals surface area contributed by atoms with Gasteiger partial charge in [0.1, 0.15) is 0 Å². The number of likely N-dealkylation sites (N-methyl/N-ethyl adjacent to an activating group) is 1. The lowest BCUT2D eigenvalue weighted by Crippen LogP contribution is -2.30. The largest absolute Gasteiger partial charge is 0.368 e. The second-order valence-corrected chi connectivity index (χ2v) is 7.49. The smallest absolute Gasteiger partial charge is 0.0446 e. The minimum absolute atomic E-state index is 0.612. The van der Waals surface area contributed by atoms with Crippen LogP contribution in [0.25, 0.3) is 10.8 Å². The van der Waals surface area contributed by atoms with Gasteiger partial charge in [0.15, 0.2) is 0 Å². The summed E-state index contributed by atoms with van der Waals surface area (Å²) in [6.45, 7) is 13.1. The van der Waals surface area contributed by atoms with Crippen molar-refractivity contribution in [3.63, 3.8) is 0 Å². The molecule has 22 heavy (non-hydrogen) atoms. The molecule has 0 aromatic heterocycles. The number of rotatable bonds is 1. The van der Waals surface area contributed by atoms with Crippen molar-refractivity contribution in [1.29, 1.82) is 0 Å². The van der Waals surface area contributed by atoms with Crippen molar-refractivity contribution < 1.29 is 0 Å². The molecule has 2 aromatic rings. The van der Waals surface area contributed by atoms with Gasteiger partial charge in [0, 0.05) is 24.2 Å². The van der Waals surface area contributed by atoms with Crippen molar-refractivity contribution in [2.24, 2.45) is 5.92 Å². The quantitative estimate of drug-likeness (QED) is 0.674. The van der Waals surface area contributed by atoms with E-state index in [1.165, 1.54) is 17.2 Å². The molecule has 0 saturated carbocycles. The van der Waals surface area contributed by atoms with Crippen molar-refractivity contribution in [2.45, 2.75) is 58.9 Å². The van der Waals surface area contributed by atoms with Gasteiger partial charge in [-0.2, -0.15) is 0 Å². The maximum absolute atomic E-state index is 2.66. The minimum Gasteiger partial charge on any atom is -0.368 e. The summed E-state index contributed by atoms with van der Waals surface area (Å²) in [6.07, 6.45) is 1.25. The van der Waals surface area contributed by atoms with Gasteiger partial charge < -0.3 is 4.90 Å². The van der Waals surface area contributed by atoms with Crippen molar-refractivity contribution in [3.8, 4) is 0 Å². The SMILES string of the molecule is CCN1c2c3c(c4ccccc4c2[C@H](C)[C@@H]1C)[C@@H](C)[C@@H](C)C3. The van der Waals surface area contributed by atoms with Crippen LogP contribution in [0.3, 0.4) is 0 Å². The molecule has 0 spiro atoms. The average Bonchev–Trinajstić information content (AvgIpc) is 2.96. The Balaban J connectivity index is 2.14. The van der Waals surface area contributed by atoms with Gasteiger partial charge >= 0.3 is 0 Å². The lowest BCUT2D eigenvalue weighted by Gasteiger charge is -2.26. The fourth-order valence-corrected chi connectivity index (χ4v) is 4.99. The van der Waals surface area contributed by atoms with Crippen LogP contribution in [-0.4, -0.2) is 12.6 Å². The van der Waals surface area contributed by atoms with E-state index in [1.54, 1.807) is 22.4 Å². The molecule has 1 nitrogen and oxygen atoms in total. The number of anilines is 1. The van der Waals surface area contributed by atoms with E-state index in [9.17, 15) is 0 Å². The summed E-state index contributed by atoms with van der Waals surface area (Å²) in [5.74, 6) is 2.06. The first-order valence-electron chi connectivity index (χ1n) is 8.90. The Labute approximate surface area is 134 Å². The molecule has 0 saturated heterocycles. The molecule has 0 bridgehead atoms. The third-order valence-electron chi connectivity index (χ3n) is 6.51. The van der Waals surface area contributed by atoms with E-state index < -0.39 is 0 Å². The summed E-state index contributed by atoms with van der Waals surface area (Å²) in [6, 6.07) is 9.75. The Morgan fingerprint density at radius 1 is 0.955 bits per heavy atom. The van der Waals surface area contributed by atoms with Crippen LogP contribution in [0, 0.1) is 5.92 Å². The van der Waals surface area contributed by atoms with Gasteiger partial charge in [-0.3, -0.25) is 0 Å². The molecule has 1 heterocycles. The number of benzene rings is 2. The molecule has 1 aliphatic heterocycles. The molecule has 4 rings (SSSR count). The molecular formula is C21H27N. The van der Waals surface area contributed by atoms with Crippen LogP contribution in [0.5, 0.6) is 0 Å². The molecular weight excluding hydrogens is 266 g/mol. The predicted octanol–water partition coefficient (Wildman–Crippen LogP) is 5.47. The van der Waals surface area contributed by atoms with Gasteiger partial charge in [-0.05, 0) is 59.6 Å². The normalized spacial score (nSPS) is 30.0. The lowest BCUT2D eigenvalue weighted by atomic mass is 9.87. The molecule has 0 N–H and O–H groups in total. The minimum atomic E-state index is 0.612. The van der Waals surface area contributed by atoms with Crippen molar-refractivity contribution in [2.75, 3.05) is 11.4 Å². The molecule has 0 amide bonds. The van der Waals surface area contributed by atoms with E-state index in [0.29, 0.717) is 17.9 Å². The fourth-order valence-electron chi connectivity index (χ4n) is 4.99. The maximum Gasteiger partial charge on any atom is 0.0446 e. The first kappa shape index (κ1) is 14.1. The molecule has 0 radical (unpaired) electrons. The fraction of sp³-hybridized carbons (Fsp3) is 0.524. The average molecular weight is 293 g/mol. The molecule has 2 aromatic carbocycles. The molecule has 1 aliphatic carbocycles. The highest BCUT2D eigenvalue weighted by molar-refractivity contribution is 5.98.